The zero-order valence-electron chi connectivity index (χ0n) is 17.0. The Morgan fingerprint density at radius 1 is 1.00 bits per heavy atom. The molecule has 4 fully saturated rings. The third-order valence-corrected chi connectivity index (χ3v) is 7.23. The predicted molar refractivity (Wildman–Crippen MR) is 102 cm³/mol. The summed E-state index contributed by atoms with van der Waals surface area (Å²) in [5.41, 5.74) is 1.79. The number of esters is 2. The minimum atomic E-state index is -0.882. The highest BCUT2D eigenvalue weighted by Gasteiger charge is 2.51. The fourth-order valence-corrected chi connectivity index (χ4v) is 6.22. The van der Waals surface area contributed by atoms with E-state index in [1.54, 1.807) is 20.8 Å². The quantitative estimate of drug-likeness (QED) is 0.616. The zero-order valence-corrected chi connectivity index (χ0v) is 17.0. The van der Waals surface area contributed by atoms with Gasteiger partial charge >= 0.3 is 11.9 Å². The van der Waals surface area contributed by atoms with Crippen molar-refractivity contribution in [3.63, 3.8) is 0 Å². The van der Waals surface area contributed by atoms with Gasteiger partial charge in [-0.1, -0.05) is 0 Å². The molecule has 0 aliphatic heterocycles. The van der Waals surface area contributed by atoms with Crippen molar-refractivity contribution in [1.29, 1.82) is 0 Å². The van der Waals surface area contributed by atoms with Crippen LogP contribution in [0.25, 0.3) is 0 Å². The molecule has 4 saturated carbocycles. The first-order valence-electron chi connectivity index (χ1n) is 10.3. The lowest BCUT2D eigenvalue weighted by Gasteiger charge is -2.53. The Kier molecular flexibility index (Phi) is 4.84. The van der Waals surface area contributed by atoms with Crippen LogP contribution >= 0.6 is 0 Å². The number of aromatic nitrogens is 1. The molecule has 1 aromatic heterocycles. The van der Waals surface area contributed by atoms with E-state index < -0.39 is 12.1 Å². The Balaban J connectivity index is 1.47. The van der Waals surface area contributed by atoms with Gasteiger partial charge in [0.15, 0.2) is 6.10 Å². The highest BCUT2D eigenvalue weighted by atomic mass is 16.5. The highest BCUT2D eigenvalue weighted by molar-refractivity contribution is 6.04. The summed E-state index contributed by atoms with van der Waals surface area (Å²) < 4.78 is 10.5. The minimum Gasteiger partial charge on any atom is -0.465 e. The summed E-state index contributed by atoms with van der Waals surface area (Å²) in [6.07, 6.45) is 4.97. The van der Waals surface area contributed by atoms with Crippen LogP contribution in [0.4, 0.5) is 0 Å². The van der Waals surface area contributed by atoms with Gasteiger partial charge in [-0.25, -0.2) is 4.79 Å². The van der Waals surface area contributed by atoms with Gasteiger partial charge in [0.1, 0.15) is 0 Å². The monoisotopic (exact) mass is 387 g/mol. The molecule has 1 aromatic rings. The van der Waals surface area contributed by atoms with Gasteiger partial charge in [0.25, 0.3) is 0 Å². The number of nitrogens with one attached hydrogen (secondary N) is 1. The van der Waals surface area contributed by atoms with E-state index in [2.05, 4.69) is 4.98 Å². The van der Waals surface area contributed by atoms with Crippen LogP contribution in [0, 0.1) is 43.4 Å². The van der Waals surface area contributed by atoms with Crippen LogP contribution in [0.2, 0.25) is 0 Å². The van der Waals surface area contributed by atoms with E-state index in [4.69, 9.17) is 9.47 Å². The molecule has 0 amide bonds. The molecule has 0 spiro atoms. The van der Waals surface area contributed by atoms with Crippen molar-refractivity contribution in [3.8, 4) is 0 Å². The number of ketones is 1. The number of rotatable bonds is 5. The van der Waals surface area contributed by atoms with Gasteiger partial charge in [-0.2, -0.15) is 0 Å². The molecule has 4 aliphatic rings. The summed E-state index contributed by atoms with van der Waals surface area (Å²) in [5.74, 6) is 1.34. The smallest absolute Gasteiger partial charge is 0.339 e. The molecule has 6 nitrogen and oxygen atoms in total. The summed E-state index contributed by atoms with van der Waals surface area (Å²) in [4.78, 5) is 40.8. The van der Waals surface area contributed by atoms with Gasteiger partial charge in [-0.05, 0) is 82.1 Å². The van der Waals surface area contributed by atoms with Gasteiger partial charge in [0, 0.05) is 5.69 Å². The van der Waals surface area contributed by atoms with Crippen LogP contribution < -0.4 is 0 Å². The molecule has 0 radical (unpaired) electrons. The molecule has 0 saturated heterocycles. The normalized spacial score (nSPS) is 31.5. The third-order valence-electron chi connectivity index (χ3n) is 7.23. The average Bonchev–Trinajstić information content (AvgIpc) is 2.93. The van der Waals surface area contributed by atoms with Crippen molar-refractivity contribution in [1.82, 2.24) is 4.98 Å². The molecule has 4 aliphatic carbocycles. The molecule has 1 heterocycles. The number of methoxy groups -OCH3 is 1. The summed E-state index contributed by atoms with van der Waals surface area (Å²) in [6, 6.07) is 0. The summed E-state index contributed by atoms with van der Waals surface area (Å²) >= 11 is 0. The number of carbonyl (C=O) groups excluding carboxylic acids is 3. The number of hydrogen-bond donors (Lipinski definition) is 1. The first-order valence-corrected chi connectivity index (χ1v) is 10.3. The van der Waals surface area contributed by atoms with Crippen molar-refractivity contribution in [2.75, 3.05) is 7.11 Å². The van der Waals surface area contributed by atoms with Gasteiger partial charge in [-0.3, -0.25) is 9.59 Å². The van der Waals surface area contributed by atoms with Crippen molar-refractivity contribution in [3.05, 3.63) is 22.5 Å². The molecule has 1 atom stereocenters. The maximum Gasteiger partial charge on any atom is 0.339 e. The largest absolute Gasteiger partial charge is 0.465 e. The van der Waals surface area contributed by atoms with E-state index in [-0.39, 0.29) is 17.7 Å². The molecule has 6 heteroatoms. The Hall–Kier alpha value is -2.11. The highest BCUT2D eigenvalue weighted by Crippen LogP contribution is 2.56. The van der Waals surface area contributed by atoms with Crippen LogP contribution in [0.15, 0.2) is 0 Å². The van der Waals surface area contributed by atoms with Crippen molar-refractivity contribution in [2.24, 2.45) is 29.6 Å². The van der Waals surface area contributed by atoms with E-state index in [0.717, 1.165) is 37.5 Å². The second-order valence-electron chi connectivity index (χ2n) is 9.02. The number of ether oxygens (including phenoxy) is 2. The van der Waals surface area contributed by atoms with Gasteiger partial charge in [0.05, 0.1) is 24.3 Å². The Morgan fingerprint density at radius 3 is 2.11 bits per heavy atom. The molecule has 0 aromatic carbocycles. The van der Waals surface area contributed by atoms with Crippen LogP contribution in [0.3, 0.4) is 0 Å². The predicted octanol–water partition coefficient (Wildman–Crippen LogP) is 3.60. The fourth-order valence-electron chi connectivity index (χ4n) is 6.22. The maximum absolute atomic E-state index is 12.9. The summed E-state index contributed by atoms with van der Waals surface area (Å²) in [5, 5.41) is 0. The molecular weight excluding hydrogens is 358 g/mol. The number of aryl methyl sites for hydroxylation is 1. The topological polar surface area (TPSA) is 85.5 Å². The second-order valence-corrected chi connectivity index (χ2v) is 9.02. The van der Waals surface area contributed by atoms with Crippen LogP contribution in [0.1, 0.15) is 71.1 Å². The van der Waals surface area contributed by atoms with Crippen molar-refractivity contribution >= 4 is 17.7 Å². The first-order chi connectivity index (χ1) is 13.3. The molecule has 28 heavy (non-hydrogen) atoms. The van der Waals surface area contributed by atoms with E-state index in [0.29, 0.717) is 34.4 Å². The van der Waals surface area contributed by atoms with E-state index in [1.165, 1.54) is 13.5 Å². The van der Waals surface area contributed by atoms with Gasteiger partial charge < -0.3 is 14.5 Å². The standard InChI is InChI=1S/C22H29NO5/c1-10-17(21(25)27-4)11(2)23-19(10)20(24)12(3)28-22(26)18-15-6-13-5-14(8-15)9-16(18)7-13/h12-16,18,23H,5-9H2,1-4H3/t12-,13?,14?,15?,16?,18?/m1/s1. The van der Waals surface area contributed by atoms with Crippen molar-refractivity contribution in [2.45, 2.75) is 59.0 Å². The van der Waals surface area contributed by atoms with E-state index >= 15 is 0 Å². The lowest BCUT2D eigenvalue weighted by molar-refractivity contribution is -0.165. The molecule has 5 rings (SSSR count). The Morgan fingerprint density at radius 2 is 1.57 bits per heavy atom. The third kappa shape index (κ3) is 3.07. The number of Topliss-reactive ketones (excluding diaryl/α,β-unsaturated/α-hetero) is 1. The van der Waals surface area contributed by atoms with Crippen molar-refractivity contribution < 1.29 is 23.9 Å². The summed E-state index contributed by atoms with van der Waals surface area (Å²) in [6.45, 7) is 5.04. The molecule has 4 bridgehead atoms. The zero-order chi connectivity index (χ0) is 20.2. The molecule has 1 N–H and O–H groups in total. The average molecular weight is 387 g/mol. The number of carbonyl (C=O) groups is 3. The van der Waals surface area contributed by atoms with Crippen LogP contribution in [-0.4, -0.2) is 35.9 Å². The maximum atomic E-state index is 12.9. The number of aromatic amines is 1. The van der Waals surface area contributed by atoms with E-state index in [9.17, 15) is 14.4 Å². The molecular formula is C22H29NO5. The SMILES string of the molecule is COC(=O)c1c(C)[nH]c(C(=O)[C@@H](C)OC(=O)C2C3CC4CC(C3)CC2C4)c1C. The minimum absolute atomic E-state index is 0.0554. The first kappa shape index (κ1) is 19.2. The lowest BCUT2D eigenvalue weighted by atomic mass is 9.52. The molecule has 152 valence electrons. The van der Waals surface area contributed by atoms with Crippen LogP contribution in [0.5, 0.6) is 0 Å². The lowest BCUT2D eigenvalue weighted by Crippen LogP contribution is -2.49. The van der Waals surface area contributed by atoms with Gasteiger partial charge in [0.2, 0.25) is 5.78 Å². The van der Waals surface area contributed by atoms with Crippen LogP contribution in [-0.2, 0) is 14.3 Å². The number of hydrogen-bond acceptors (Lipinski definition) is 5. The van der Waals surface area contributed by atoms with E-state index in [1.807, 2.05) is 0 Å². The number of H-pyrrole nitrogens is 1. The fraction of sp³-hybridized carbons (Fsp3) is 0.682. The Labute approximate surface area is 165 Å². The summed E-state index contributed by atoms with van der Waals surface area (Å²) in [7, 11) is 1.31. The second kappa shape index (κ2) is 7.05. The Bertz CT molecular complexity index is 795. The van der Waals surface area contributed by atoms with Gasteiger partial charge in [-0.15, -0.1) is 0 Å². The molecule has 0 unspecified atom stereocenters.